The Hall–Kier alpha value is -2.25. The number of hydrogen-bond acceptors (Lipinski definition) is 18. The molecule has 1 amide bonds. The summed E-state index contributed by atoms with van der Waals surface area (Å²) in [5.41, 5.74) is 0. The Morgan fingerprint density at radius 2 is 0.958 bits per heavy atom. The van der Waals surface area contributed by atoms with Crippen LogP contribution in [0.25, 0.3) is 0 Å². The summed E-state index contributed by atoms with van der Waals surface area (Å²) < 4.78 is 34.1. The number of nitrogens with one attached hydrogen (secondary N) is 1. The van der Waals surface area contributed by atoms with Crippen LogP contribution in [0.3, 0.4) is 0 Å². The van der Waals surface area contributed by atoms with Crippen LogP contribution in [0.5, 0.6) is 0 Å². The van der Waals surface area contributed by atoms with Crippen molar-refractivity contribution in [2.24, 2.45) is 0 Å². The third kappa shape index (κ3) is 22.5. The Bertz CT molecular complexity index is 1520. The third-order valence-electron chi connectivity index (χ3n) is 13.4. The highest BCUT2D eigenvalue weighted by Crippen LogP contribution is 2.33. The summed E-state index contributed by atoms with van der Waals surface area (Å²) in [7, 11) is 0. The van der Waals surface area contributed by atoms with Crippen molar-refractivity contribution < 1.29 is 89.4 Å². The van der Waals surface area contributed by atoms with Gasteiger partial charge in [-0.2, -0.15) is 0 Å². The van der Waals surface area contributed by atoms with E-state index in [0.717, 1.165) is 96.3 Å². The summed E-state index contributed by atoms with van der Waals surface area (Å²) in [6.45, 7) is 1.55. The molecule has 0 aliphatic carbocycles. The number of rotatable bonds is 37. The molecule has 12 N–H and O–H groups in total. The Morgan fingerprint density at radius 3 is 1.50 bits per heavy atom. The Kier molecular flexibility index (Phi) is 33.3. The molecule has 0 bridgehead atoms. The summed E-state index contributed by atoms with van der Waals surface area (Å²) in [6, 6.07) is -0.889. The summed E-state index contributed by atoms with van der Waals surface area (Å²) in [5.74, 6) is -0.261. The average molecular weight is 1030 g/mol. The molecule has 3 rings (SSSR count). The van der Waals surface area contributed by atoms with Gasteiger partial charge in [-0.25, -0.2) is 0 Å². The molecular weight excluding hydrogens is 939 g/mol. The molecule has 3 heterocycles. The second kappa shape index (κ2) is 37.5. The zero-order chi connectivity index (χ0) is 52.7. The predicted molar refractivity (Wildman–Crippen MR) is 268 cm³/mol. The van der Waals surface area contributed by atoms with Crippen LogP contribution in [-0.4, -0.2) is 193 Å². The smallest absolute Gasteiger partial charge is 0.220 e. The van der Waals surface area contributed by atoms with Crippen molar-refractivity contribution >= 4 is 5.91 Å². The van der Waals surface area contributed by atoms with E-state index in [2.05, 4.69) is 67.8 Å². The number of aliphatic hydroxyl groups excluding tert-OH is 11. The van der Waals surface area contributed by atoms with Crippen LogP contribution in [0.2, 0.25) is 0 Å². The second-order valence-corrected chi connectivity index (χ2v) is 19.3. The summed E-state index contributed by atoms with van der Waals surface area (Å²) in [4.78, 5) is 13.2. The minimum Gasteiger partial charge on any atom is -0.394 e. The maximum absolute atomic E-state index is 13.2. The first-order valence-corrected chi connectivity index (χ1v) is 26.9. The van der Waals surface area contributed by atoms with Crippen molar-refractivity contribution in [3.63, 3.8) is 0 Å². The molecule has 0 radical (unpaired) electrons. The summed E-state index contributed by atoms with van der Waals surface area (Å²) in [5, 5.41) is 119. The van der Waals surface area contributed by atoms with Gasteiger partial charge < -0.3 is 89.9 Å². The van der Waals surface area contributed by atoms with Crippen molar-refractivity contribution in [3.8, 4) is 0 Å². The Morgan fingerprint density at radius 1 is 0.514 bits per heavy atom. The molecule has 0 saturated carbocycles. The maximum Gasteiger partial charge on any atom is 0.220 e. The number of carbonyl (C=O) groups excluding carboxylic acids is 1. The molecular formula is C53H93NO18. The lowest BCUT2D eigenvalue weighted by molar-refractivity contribution is -0.379. The minimum atomic E-state index is -1.97. The molecule has 0 aromatic heterocycles. The van der Waals surface area contributed by atoms with E-state index in [-0.39, 0.29) is 18.9 Å². The lowest BCUT2D eigenvalue weighted by atomic mass is 9.96. The Balaban J connectivity index is 1.45. The van der Waals surface area contributed by atoms with Crippen LogP contribution in [-0.2, 0) is 33.2 Å². The van der Waals surface area contributed by atoms with Gasteiger partial charge in [-0.15, -0.1) is 0 Å². The fourth-order valence-corrected chi connectivity index (χ4v) is 8.95. The van der Waals surface area contributed by atoms with Gasteiger partial charge in [0, 0.05) is 6.42 Å². The summed E-state index contributed by atoms with van der Waals surface area (Å²) in [6.07, 6.45) is 11.2. The van der Waals surface area contributed by atoms with Crippen molar-refractivity contribution in [1.29, 1.82) is 0 Å². The lowest BCUT2D eigenvalue weighted by Crippen LogP contribution is -2.66. The molecule has 3 fully saturated rings. The molecule has 0 aromatic rings. The van der Waals surface area contributed by atoms with E-state index >= 15 is 0 Å². The molecule has 0 aromatic carbocycles. The molecule has 418 valence electrons. The van der Waals surface area contributed by atoms with Crippen LogP contribution >= 0.6 is 0 Å². The summed E-state index contributed by atoms with van der Waals surface area (Å²) >= 11 is 0. The largest absolute Gasteiger partial charge is 0.394 e. The van der Waals surface area contributed by atoms with Gasteiger partial charge in [0.05, 0.1) is 38.6 Å². The van der Waals surface area contributed by atoms with Crippen LogP contribution in [0.15, 0.2) is 48.6 Å². The van der Waals surface area contributed by atoms with E-state index in [9.17, 15) is 61.0 Å². The molecule has 19 heteroatoms. The molecule has 19 nitrogen and oxygen atoms in total. The Labute approximate surface area is 427 Å². The number of unbranched alkanes of at least 4 members (excludes halogenated alkanes) is 13. The van der Waals surface area contributed by atoms with E-state index in [1.54, 1.807) is 0 Å². The molecule has 17 unspecified atom stereocenters. The number of hydrogen-bond donors (Lipinski definition) is 12. The van der Waals surface area contributed by atoms with Crippen LogP contribution in [0, 0.1) is 0 Å². The highest BCUT2D eigenvalue weighted by Gasteiger charge is 2.53. The average Bonchev–Trinajstić information content (AvgIpc) is 3.38. The number of amides is 1. The monoisotopic (exact) mass is 1030 g/mol. The minimum absolute atomic E-state index is 0.253. The van der Waals surface area contributed by atoms with Crippen molar-refractivity contribution in [1.82, 2.24) is 5.32 Å². The van der Waals surface area contributed by atoms with E-state index in [1.165, 1.54) is 19.3 Å². The van der Waals surface area contributed by atoms with Gasteiger partial charge >= 0.3 is 0 Å². The highest BCUT2D eigenvalue weighted by molar-refractivity contribution is 5.76. The molecule has 72 heavy (non-hydrogen) atoms. The van der Waals surface area contributed by atoms with E-state index in [4.69, 9.17) is 28.4 Å². The topological polar surface area (TPSA) is 307 Å². The van der Waals surface area contributed by atoms with Crippen molar-refractivity contribution in [3.05, 3.63) is 48.6 Å². The van der Waals surface area contributed by atoms with E-state index < -0.39 is 124 Å². The van der Waals surface area contributed by atoms with Gasteiger partial charge in [0.15, 0.2) is 18.9 Å². The van der Waals surface area contributed by atoms with Crippen LogP contribution in [0.1, 0.15) is 149 Å². The fraction of sp³-hybridized carbons (Fsp3) is 0.830. The van der Waals surface area contributed by atoms with Crippen molar-refractivity contribution in [2.75, 3.05) is 26.4 Å². The molecule has 3 saturated heterocycles. The molecule has 0 spiro atoms. The first-order chi connectivity index (χ1) is 34.8. The van der Waals surface area contributed by atoms with Gasteiger partial charge in [0.25, 0.3) is 0 Å². The van der Waals surface area contributed by atoms with E-state index in [1.807, 2.05) is 0 Å². The van der Waals surface area contributed by atoms with E-state index in [0.29, 0.717) is 12.8 Å². The first kappa shape index (κ1) is 64.0. The molecule has 17 atom stereocenters. The van der Waals surface area contributed by atoms with Gasteiger partial charge in [-0.1, -0.05) is 140 Å². The highest BCUT2D eigenvalue weighted by atomic mass is 16.8. The van der Waals surface area contributed by atoms with Crippen molar-refractivity contribution in [2.45, 2.75) is 253 Å². The number of allylic oxidation sites excluding steroid dienone is 8. The fourth-order valence-electron chi connectivity index (χ4n) is 8.95. The van der Waals surface area contributed by atoms with Gasteiger partial charge in [0.2, 0.25) is 5.91 Å². The van der Waals surface area contributed by atoms with Gasteiger partial charge in [-0.3, -0.25) is 4.79 Å². The van der Waals surface area contributed by atoms with Crippen LogP contribution < -0.4 is 5.32 Å². The quantitative estimate of drug-likeness (QED) is 0.0315. The maximum atomic E-state index is 13.2. The SMILES string of the molecule is CC/C=C\C/C=C\C/C=C\C/C=C\CCCCCCCCCCC(=O)NC(COC1OC(CO)C(OC2OC(CO)C(OC3OC(CO)C(O)C(O)C3O)C(O)C2O)C(O)C1O)C(O)CCCCCCCC. The number of aliphatic hydroxyl groups is 11. The molecule has 3 aliphatic rings. The predicted octanol–water partition coefficient (Wildman–Crippen LogP) is 2.75. The second-order valence-electron chi connectivity index (χ2n) is 19.3. The molecule has 3 aliphatic heterocycles. The number of ether oxygens (including phenoxy) is 6. The third-order valence-corrected chi connectivity index (χ3v) is 13.4. The van der Waals surface area contributed by atoms with Gasteiger partial charge in [-0.05, 0) is 51.4 Å². The first-order valence-electron chi connectivity index (χ1n) is 26.9. The zero-order valence-electron chi connectivity index (χ0n) is 42.9. The lowest BCUT2D eigenvalue weighted by Gasteiger charge is -2.48. The van der Waals surface area contributed by atoms with Crippen LogP contribution in [0.4, 0.5) is 0 Å². The standard InChI is InChI=1S/C53H93NO18/c1-3-5-7-9-11-12-13-14-15-16-17-18-19-20-21-22-23-24-25-27-29-31-41(59)54-36(37(58)30-28-26-10-8-6-4-2)35-67-51-47(65)44(62)49(39(33-56)69-51)72-53-48(66)45(63)50(40(34-57)70-53)71-52-46(64)43(61)42(60)38(32-55)68-52/h5,7,11-12,14-15,17-18,36-40,42-53,55-58,60-66H,3-4,6,8-10,13,16,19-35H2,1-2H3,(H,54,59)/b7-5-,12-11-,15-14-,18-17-. The van der Waals surface area contributed by atoms with Gasteiger partial charge in [0.1, 0.15) is 73.2 Å². The normalized spacial score (nSPS) is 32.4. The zero-order valence-corrected chi connectivity index (χ0v) is 42.9. The number of carbonyl (C=O) groups is 1.